The van der Waals surface area contributed by atoms with Crippen LogP contribution in [0.5, 0.6) is 0 Å². The van der Waals surface area contributed by atoms with Crippen LogP contribution in [0.25, 0.3) is 10.2 Å². The van der Waals surface area contributed by atoms with E-state index in [1.807, 2.05) is 13.0 Å². The minimum atomic E-state index is -0.946. The molecule has 3 nitrogen and oxygen atoms in total. The van der Waals surface area contributed by atoms with Gasteiger partial charge in [0, 0.05) is 6.54 Å². The van der Waals surface area contributed by atoms with Crippen molar-refractivity contribution in [3.05, 3.63) is 63.4 Å². The van der Waals surface area contributed by atoms with Crippen LogP contribution in [-0.2, 0) is 6.54 Å². The van der Waals surface area contributed by atoms with E-state index in [-0.39, 0.29) is 0 Å². The second kappa shape index (κ2) is 6.83. The molecule has 0 bridgehead atoms. The summed E-state index contributed by atoms with van der Waals surface area (Å²) in [5.41, 5.74) is 0.121. The Hall–Kier alpha value is -2.05. The number of rotatable bonds is 3. The summed E-state index contributed by atoms with van der Waals surface area (Å²) in [6.07, 6.45) is 0.798. The highest BCUT2D eigenvalue weighted by molar-refractivity contribution is 7.16. The largest absolute Gasteiger partial charge is 0.315 e. The van der Waals surface area contributed by atoms with Crippen LogP contribution in [0.1, 0.15) is 23.7 Å². The predicted octanol–water partition coefficient (Wildman–Crippen LogP) is 4.79. The van der Waals surface area contributed by atoms with E-state index in [1.54, 1.807) is 16.7 Å². The van der Waals surface area contributed by atoms with Gasteiger partial charge in [-0.15, -0.1) is 0 Å². The summed E-state index contributed by atoms with van der Waals surface area (Å²) in [5.74, 6) is -2.80. The molecule has 3 aromatic rings. The van der Waals surface area contributed by atoms with Gasteiger partial charge in [0.25, 0.3) is 5.91 Å². The van der Waals surface area contributed by atoms with Crippen LogP contribution in [0.15, 0.2) is 41.4 Å². The molecule has 0 aliphatic rings. The van der Waals surface area contributed by atoms with Crippen molar-refractivity contribution in [2.24, 2.45) is 4.99 Å². The molecule has 0 aliphatic heterocycles. The maximum atomic E-state index is 13.8. The Labute approximate surface area is 145 Å². The van der Waals surface area contributed by atoms with Crippen LogP contribution < -0.4 is 4.80 Å². The number of nitrogens with zero attached hydrogens (tertiary/aromatic N) is 2. The maximum absolute atomic E-state index is 13.8. The number of thiazole rings is 1. The molecule has 0 atom stereocenters. The van der Waals surface area contributed by atoms with Gasteiger partial charge in [0.05, 0.1) is 15.2 Å². The fourth-order valence-corrected chi connectivity index (χ4v) is 3.86. The van der Waals surface area contributed by atoms with E-state index in [0.717, 1.165) is 28.8 Å². The summed E-state index contributed by atoms with van der Waals surface area (Å²) in [7, 11) is 0. The Morgan fingerprint density at radius 3 is 2.54 bits per heavy atom. The number of para-hydroxylation sites is 1. The lowest BCUT2D eigenvalue weighted by molar-refractivity contribution is 0.0990. The molecule has 7 heteroatoms. The predicted molar refractivity (Wildman–Crippen MR) is 91.4 cm³/mol. The fraction of sp³-hybridized carbons (Fsp3) is 0.176. The zero-order valence-electron chi connectivity index (χ0n) is 12.7. The minimum absolute atomic E-state index is 0.368. The van der Waals surface area contributed by atoms with E-state index in [1.165, 1.54) is 17.4 Å². The van der Waals surface area contributed by atoms with Crippen LogP contribution in [0.3, 0.4) is 0 Å². The van der Waals surface area contributed by atoms with E-state index in [2.05, 4.69) is 4.99 Å². The van der Waals surface area contributed by atoms with E-state index in [4.69, 9.17) is 11.6 Å². The molecule has 0 fully saturated rings. The molecule has 0 saturated carbocycles. The van der Waals surface area contributed by atoms with Crippen LogP contribution in [0.2, 0.25) is 5.02 Å². The molecule has 124 valence electrons. The summed E-state index contributed by atoms with van der Waals surface area (Å²) in [6, 6.07) is 8.70. The van der Waals surface area contributed by atoms with Gasteiger partial charge in [-0.25, -0.2) is 8.78 Å². The number of fused-ring (bicyclic) bond motifs is 1. The van der Waals surface area contributed by atoms with Crippen molar-refractivity contribution in [2.75, 3.05) is 0 Å². The van der Waals surface area contributed by atoms with Crippen LogP contribution in [-0.4, -0.2) is 10.5 Å². The molecule has 24 heavy (non-hydrogen) atoms. The smallest absolute Gasteiger partial charge is 0.285 e. The Morgan fingerprint density at radius 1 is 1.21 bits per heavy atom. The fourth-order valence-electron chi connectivity index (χ4n) is 2.45. The maximum Gasteiger partial charge on any atom is 0.285 e. The highest BCUT2D eigenvalue weighted by Gasteiger charge is 2.17. The lowest BCUT2D eigenvalue weighted by Gasteiger charge is -2.04. The van der Waals surface area contributed by atoms with Gasteiger partial charge in [0.2, 0.25) is 0 Å². The molecule has 0 spiro atoms. The lowest BCUT2D eigenvalue weighted by atomic mass is 10.2. The molecule has 3 rings (SSSR count). The monoisotopic (exact) mass is 366 g/mol. The van der Waals surface area contributed by atoms with E-state index >= 15 is 0 Å². The van der Waals surface area contributed by atoms with Gasteiger partial charge in [-0.3, -0.25) is 4.79 Å². The van der Waals surface area contributed by atoms with Crippen molar-refractivity contribution in [1.82, 2.24) is 4.57 Å². The first-order valence-electron chi connectivity index (χ1n) is 7.34. The first-order valence-corrected chi connectivity index (χ1v) is 8.53. The molecule has 0 aliphatic carbocycles. The summed E-state index contributed by atoms with van der Waals surface area (Å²) in [4.78, 5) is 16.6. The number of amides is 1. The summed E-state index contributed by atoms with van der Waals surface area (Å²) in [5, 5.41) is 0.545. The molecular formula is C17H13ClF2N2OS. The Balaban J connectivity index is 2.22. The second-order valence-electron chi connectivity index (χ2n) is 5.14. The third kappa shape index (κ3) is 2.99. The standard InChI is InChI=1S/C17H13ClF2N2OS/c1-2-9-22-15-10(18)5-3-8-13(15)24-17(22)21-16(23)14-11(19)6-4-7-12(14)20/h3-8H,2,9H2,1H3. The van der Waals surface area contributed by atoms with Crippen LogP contribution in [0, 0.1) is 11.6 Å². The van der Waals surface area contributed by atoms with Gasteiger partial charge in [-0.05, 0) is 30.7 Å². The van der Waals surface area contributed by atoms with Crippen LogP contribution in [0.4, 0.5) is 8.78 Å². The quantitative estimate of drug-likeness (QED) is 0.656. The number of hydrogen-bond donors (Lipinski definition) is 0. The first-order chi connectivity index (χ1) is 11.5. The van der Waals surface area contributed by atoms with Gasteiger partial charge in [0.15, 0.2) is 4.80 Å². The van der Waals surface area contributed by atoms with Gasteiger partial charge >= 0.3 is 0 Å². The lowest BCUT2D eigenvalue weighted by Crippen LogP contribution is -2.18. The molecule has 2 aromatic carbocycles. The Kier molecular flexibility index (Phi) is 4.78. The number of benzene rings is 2. The number of carbonyl (C=O) groups is 1. The van der Waals surface area contributed by atoms with Crippen molar-refractivity contribution in [3.8, 4) is 0 Å². The molecule has 0 radical (unpaired) electrons. The molecular weight excluding hydrogens is 354 g/mol. The zero-order chi connectivity index (χ0) is 17.3. The minimum Gasteiger partial charge on any atom is -0.315 e. The number of aryl methyl sites for hydroxylation is 1. The van der Waals surface area contributed by atoms with Crippen molar-refractivity contribution in [3.63, 3.8) is 0 Å². The van der Waals surface area contributed by atoms with Crippen LogP contribution >= 0.6 is 22.9 Å². The van der Waals surface area contributed by atoms with Gasteiger partial charge in [0.1, 0.15) is 17.2 Å². The third-order valence-corrected chi connectivity index (χ3v) is 4.82. The summed E-state index contributed by atoms with van der Waals surface area (Å²) in [6.45, 7) is 2.57. The van der Waals surface area contributed by atoms with E-state index in [9.17, 15) is 13.6 Å². The highest BCUT2D eigenvalue weighted by atomic mass is 35.5. The number of hydrogen-bond acceptors (Lipinski definition) is 2. The summed E-state index contributed by atoms with van der Waals surface area (Å²) < 4.78 is 30.2. The van der Waals surface area contributed by atoms with E-state index < -0.39 is 23.1 Å². The average molecular weight is 367 g/mol. The van der Waals surface area contributed by atoms with Gasteiger partial charge in [-0.1, -0.05) is 42.0 Å². The number of halogens is 3. The topological polar surface area (TPSA) is 34.4 Å². The molecule has 0 N–H and O–H groups in total. The van der Waals surface area contributed by atoms with Gasteiger partial charge < -0.3 is 4.57 Å². The molecule has 1 amide bonds. The first kappa shape index (κ1) is 16.8. The second-order valence-corrected chi connectivity index (χ2v) is 6.55. The summed E-state index contributed by atoms with van der Waals surface area (Å²) >= 11 is 7.51. The normalized spacial score (nSPS) is 12.1. The molecule has 0 saturated heterocycles. The van der Waals surface area contributed by atoms with E-state index in [0.29, 0.717) is 16.4 Å². The van der Waals surface area contributed by atoms with Crippen molar-refractivity contribution >= 4 is 39.1 Å². The Bertz CT molecular complexity index is 974. The van der Waals surface area contributed by atoms with Crippen molar-refractivity contribution in [1.29, 1.82) is 0 Å². The van der Waals surface area contributed by atoms with Crippen molar-refractivity contribution < 1.29 is 13.6 Å². The van der Waals surface area contributed by atoms with Gasteiger partial charge in [-0.2, -0.15) is 4.99 Å². The molecule has 0 unspecified atom stereocenters. The third-order valence-electron chi connectivity index (χ3n) is 3.47. The highest BCUT2D eigenvalue weighted by Crippen LogP contribution is 2.25. The SMILES string of the molecule is CCCn1c(=NC(=O)c2c(F)cccc2F)sc2cccc(Cl)c21. The number of aromatic nitrogens is 1. The molecule has 1 heterocycles. The Morgan fingerprint density at radius 2 is 1.88 bits per heavy atom. The average Bonchev–Trinajstić information content (AvgIpc) is 2.86. The van der Waals surface area contributed by atoms with Crippen molar-refractivity contribution in [2.45, 2.75) is 19.9 Å². The number of carbonyl (C=O) groups excluding carboxylic acids is 1. The molecule has 1 aromatic heterocycles. The zero-order valence-corrected chi connectivity index (χ0v) is 14.3.